The van der Waals surface area contributed by atoms with Crippen molar-refractivity contribution in [2.75, 3.05) is 7.11 Å². The highest BCUT2D eigenvalue weighted by Gasteiger charge is 2.26. The largest absolute Gasteiger partial charge is 0.371 e. The van der Waals surface area contributed by atoms with E-state index >= 15 is 0 Å². The van der Waals surface area contributed by atoms with Crippen LogP contribution in [-0.4, -0.2) is 17.1 Å². The lowest BCUT2D eigenvalue weighted by Crippen LogP contribution is -2.24. The zero-order valence-electron chi connectivity index (χ0n) is 9.72. The Hall–Kier alpha value is -1.00. The lowest BCUT2D eigenvalue weighted by molar-refractivity contribution is 0.0111. The highest BCUT2D eigenvalue weighted by molar-refractivity contribution is 5.29. The number of aryl methyl sites for hydroxylation is 1. The van der Waals surface area contributed by atoms with Gasteiger partial charge in [-0.05, 0) is 20.8 Å². The Labute approximate surface area is 90.1 Å². The van der Waals surface area contributed by atoms with E-state index in [1.54, 1.807) is 7.11 Å². The molecule has 0 atom stereocenters. The van der Waals surface area contributed by atoms with Crippen LogP contribution in [0.1, 0.15) is 36.6 Å². The average Bonchev–Trinajstić information content (AvgIpc) is 2.66. The van der Waals surface area contributed by atoms with Gasteiger partial charge in [0.05, 0.1) is 5.69 Å². The van der Waals surface area contributed by atoms with Crippen LogP contribution in [0.2, 0.25) is 0 Å². The second-order valence-electron chi connectivity index (χ2n) is 4.38. The molecule has 0 amide bonds. The maximum Gasteiger partial charge on any atom is 0.160 e. The Morgan fingerprint density at radius 3 is 2.67 bits per heavy atom. The second-order valence-corrected chi connectivity index (χ2v) is 4.38. The fraction of sp³-hybridized carbons (Fsp3) is 0.636. The number of rotatable bonds is 2. The van der Waals surface area contributed by atoms with E-state index in [9.17, 15) is 0 Å². The molecule has 0 radical (unpaired) electrons. The van der Waals surface area contributed by atoms with E-state index in [1.807, 2.05) is 20.8 Å². The molecule has 0 spiro atoms. The van der Waals surface area contributed by atoms with Crippen molar-refractivity contribution < 1.29 is 4.74 Å². The molecule has 1 aliphatic rings. The number of nitrogens with one attached hydrogen (secondary N) is 1. The van der Waals surface area contributed by atoms with Crippen molar-refractivity contribution in [2.24, 2.45) is 0 Å². The summed E-state index contributed by atoms with van der Waals surface area (Å²) >= 11 is 0. The molecule has 0 aromatic carbocycles. The summed E-state index contributed by atoms with van der Waals surface area (Å²) in [4.78, 5) is 9.07. The van der Waals surface area contributed by atoms with Crippen LogP contribution in [-0.2, 0) is 23.4 Å². The van der Waals surface area contributed by atoms with Gasteiger partial charge >= 0.3 is 0 Å². The third-order valence-electron chi connectivity index (χ3n) is 2.94. The molecule has 0 saturated carbocycles. The summed E-state index contributed by atoms with van der Waals surface area (Å²) < 4.78 is 5.39. The van der Waals surface area contributed by atoms with Crippen molar-refractivity contribution in [3.8, 4) is 0 Å². The van der Waals surface area contributed by atoms with Gasteiger partial charge in [0.15, 0.2) is 5.82 Å². The van der Waals surface area contributed by atoms with Crippen LogP contribution < -0.4 is 5.32 Å². The van der Waals surface area contributed by atoms with Crippen LogP contribution in [0.4, 0.5) is 0 Å². The van der Waals surface area contributed by atoms with Crippen molar-refractivity contribution in [2.45, 2.75) is 39.5 Å². The normalized spacial score (nSPS) is 15.5. The average molecular weight is 207 g/mol. The van der Waals surface area contributed by atoms with E-state index in [4.69, 9.17) is 4.74 Å². The van der Waals surface area contributed by atoms with Crippen LogP contribution in [0.5, 0.6) is 0 Å². The summed E-state index contributed by atoms with van der Waals surface area (Å²) in [5, 5.41) is 3.28. The van der Waals surface area contributed by atoms with Gasteiger partial charge in [-0.2, -0.15) is 0 Å². The second kappa shape index (κ2) is 3.54. The van der Waals surface area contributed by atoms with Crippen molar-refractivity contribution in [1.29, 1.82) is 0 Å². The Morgan fingerprint density at radius 2 is 2.00 bits per heavy atom. The Morgan fingerprint density at radius 1 is 1.27 bits per heavy atom. The molecule has 0 fully saturated rings. The van der Waals surface area contributed by atoms with Crippen LogP contribution in [0, 0.1) is 6.92 Å². The Balaban J connectivity index is 2.48. The minimum absolute atomic E-state index is 0.414. The maximum atomic E-state index is 5.39. The summed E-state index contributed by atoms with van der Waals surface area (Å²) in [7, 11) is 1.68. The number of ether oxygens (including phenoxy) is 1. The molecule has 0 bridgehead atoms. The van der Waals surface area contributed by atoms with Gasteiger partial charge in [0.25, 0.3) is 0 Å². The smallest absolute Gasteiger partial charge is 0.160 e. The van der Waals surface area contributed by atoms with E-state index in [-0.39, 0.29) is 0 Å². The van der Waals surface area contributed by atoms with Gasteiger partial charge in [-0.15, -0.1) is 0 Å². The van der Waals surface area contributed by atoms with Gasteiger partial charge in [-0.25, -0.2) is 9.97 Å². The number of nitrogens with zero attached hydrogens (tertiary/aromatic N) is 2. The first-order valence-electron chi connectivity index (χ1n) is 5.17. The van der Waals surface area contributed by atoms with Gasteiger partial charge in [0.2, 0.25) is 0 Å². The number of hydrogen-bond donors (Lipinski definition) is 1. The summed E-state index contributed by atoms with van der Waals surface area (Å²) in [6, 6.07) is 0. The third kappa shape index (κ3) is 1.75. The molecule has 2 heterocycles. The lowest BCUT2D eigenvalue weighted by Gasteiger charge is -2.22. The zero-order chi connectivity index (χ0) is 11.1. The van der Waals surface area contributed by atoms with E-state index in [1.165, 1.54) is 5.56 Å². The molecule has 0 unspecified atom stereocenters. The van der Waals surface area contributed by atoms with Crippen LogP contribution >= 0.6 is 0 Å². The van der Waals surface area contributed by atoms with E-state index in [2.05, 4.69) is 15.3 Å². The molecule has 4 nitrogen and oxygen atoms in total. The van der Waals surface area contributed by atoms with Crippen LogP contribution in [0.25, 0.3) is 0 Å². The SMILES string of the molecule is COC(C)(C)c1nc(C)c2c(n1)CNC2. The molecule has 4 heteroatoms. The molecular weight excluding hydrogens is 190 g/mol. The first-order chi connectivity index (χ1) is 7.04. The lowest BCUT2D eigenvalue weighted by atomic mass is 10.1. The Bertz CT molecular complexity index is 388. The minimum Gasteiger partial charge on any atom is -0.371 e. The molecule has 2 rings (SSSR count). The predicted molar refractivity (Wildman–Crippen MR) is 57.3 cm³/mol. The van der Waals surface area contributed by atoms with E-state index < -0.39 is 5.60 Å². The zero-order valence-corrected chi connectivity index (χ0v) is 9.72. The summed E-state index contributed by atoms with van der Waals surface area (Å²) in [6.45, 7) is 7.72. The van der Waals surface area contributed by atoms with Crippen LogP contribution in [0.3, 0.4) is 0 Å². The highest BCUT2D eigenvalue weighted by atomic mass is 16.5. The van der Waals surface area contributed by atoms with Crippen molar-refractivity contribution >= 4 is 0 Å². The minimum atomic E-state index is -0.414. The van der Waals surface area contributed by atoms with Gasteiger partial charge in [0.1, 0.15) is 5.60 Å². The molecule has 1 aromatic heterocycles. The molecular formula is C11H17N3O. The number of fused-ring (bicyclic) bond motifs is 1. The number of hydrogen-bond acceptors (Lipinski definition) is 4. The van der Waals surface area contributed by atoms with Crippen molar-refractivity contribution in [3.63, 3.8) is 0 Å². The Kier molecular flexibility index (Phi) is 2.48. The summed E-state index contributed by atoms with van der Waals surface area (Å²) in [5.74, 6) is 0.768. The molecule has 0 saturated heterocycles. The van der Waals surface area contributed by atoms with Crippen molar-refractivity contribution in [3.05, 3.63) is 22.8 Å². The van der Waals surface area contributed by atoms with Gasteiger partial charge in [0, 0.05) is 31.5 Å². The molecule has 0 aliphatic carbocycles. The fourth-order valence-corrected chi connectivity index (χ4v) is 1.70. The van der Waals surface area contributed by atoms with Crippen LogP contribution in [0.15, 0.2) is 0 Å². The van der Waals surface area contributed by atoms with Crippen molar-refractivity contribution in [1.82, 2.24) is 15.3 Å². The third-order valence-corrected chi connectivity index (χ3v) is 2.94. The monoisotopic (exact) mass is 207 g/mol. The first kappa shape index (κ1) is 10.5. The van der Waals surface area contributed by atoms with E-state index in [0.717, 1.165) is 30.3 Å². The highest BCUT2D eigenvalue weighted by Crippen LogP contribution is 2.24. The quantitative estimate of drug-likeness (QED) is 0.793. The fourth-order valence-electron chi connectivity index (χ4n) is 1.70. The van der Waals surface area contributed by atoms with E-state index in [0.29, 0.717) is 0 Å². The molecule has 1 N–H and O–H groups in total. The first-order valence-corrected chi connectivity index (χ1v) is 5.17. The maximum absolute atomic E-state index is 5.39. The van der Waals surface area contributed by atoms with Gasteiger partial charge < -0.3 is 10.1 Å². The number of methoxy groups -OCH3 is 1. The molecule has 82 valence electrons. The topological polar surface area (TPSA) is 47.0 Å². The molecule has 15 heavy (non-hydrogen) atoms. The summed E-state index contributed by atoms with van der Waals surface area (Å²) in [6.07, 6.45) is 0. The standard InChI is InChI=1S/C11H17N3O/c1-7-8-5-12-6-9(8)14-10(13-7)11(2,3)15-4/h12H,5-6H2,1-4H3. The molecule has 1 aliphatic heterocycles. The van der Waals surface area contributed by atoms with Gasteiger partial charge in [-0.3, -0.25) is 0 Å². The molecule has 1 aromatic rings. The number of aromatic nitrogens is 2. The summed E-state index contributed by atoms with van der Waals surface area (Å²) in [5.41, 5.74) is 3.00. The predicted octanol–water partition coefficient (Wildman–Crippen LogP) is 1.27. The van der Waals surface area contributed by atoms with Gasteiger partial charge in [-0.1, -0.05) is 0 Å².